The molecule has 0 aliphatic rings. The Balaban J connectivity index is 2.28. The topological polar surface area (TPSA) is 45.2 Å². The maximum absolute atomic E-state index is 12.9. The first kappa shape index (κ1) is 19.0. The van der Waals surface area contributed by atoms with Crippen LogP contribution in [0.1, 0.15) is 69.2 Å². The van der Waals surface area contributed by atoms with Gasteiger partial charge in [-0.2, -0.15) is 0 Å². The molecule has 2 amide bonds. The lowest BCUT2D eigenvalue weighted by atomic mass is 9.93. The molecule has 1 heterocycles. The normalized spacial score (nSPS) is 12.3. The van der Waals surface area contributed by atoms with E-state index in [-0.39, 0.29) is 12.1 Å². The second-order valence-corrected chi connectivity index (χ2v) is 7.12. The molecule has 2 rings (SSSR count). The molecule has 25 heavy (non-hydrogen) atoms. The number of hydrogen-bond donors (Lipinski definition) is 1. The van der Waals surface area contributed by atoms with E-state index in [1.807, 2.05) is 26.1 Å². The lowest BCUT2D eigenvalue weighted by molar-refractivity contribution is 0.208. The number of aromatic nitrogens is 1. The Morgan fingerprint density at radius 1 is 1.00 bits per heavy atom. The molecule has 0 fully saturated rings. The summed E-state index contributed by atoms with van der Waals surface area (Å²) in [7, 11) is 1.82. The van der Waals surface area contributed by atoms with Gasteiger partial charge in [0.15, 0.2) is 0 Å². The van der Waals surface area contributed by atoms with Crippen LogP contribution >= 0.6 is 0 Å². The lowest BCUT2D eigenvalue weighted by Crippen LogP contribution is -2.34. The van der Waals surface area contributed by atoms with E-state index in [9.17, 15) is 4.79 Å². The van der Waals surface area contributed by atoms with Gasteiger partial charge in [0, 0.05) is 25.1 Å². The van der Waals surface area contributed by atoms with Crippen molar-refractivity contribution >= 4 is 11.7 Å². The van der Waals surface area contributed by atoms with E-state index in [0.717, 1.165) is 11.3 Å². The molecule has 0 saturated heterocycles. The number of nitrogens with zero attached hydrogens (tertiary/aromatic N) is 2. The highest BCUT2D eigenvalue weighted by Gasteiger charge is 2.21. The van der Waals surface area contributed by atoms with Crippen LogP contribution in [0.25, 0.3) is 0 Å². The van der Waals surface area contributed by atoms with Crippen molar-refractivity contribution in [2.75, 3.05) is 12.4 Å². The minimum atomic E-state index is -0.105. The van der Waals surface area contributed by atoms with E-state index in [1.54, 1.807) is 17.3 Å². The van der Waals surface area contributed by atoms with Crippen molar-refractivity contribution in [3.05, 3.63) is 59.4 Å². The maximum atomic E-state index is 12.9. The highest BCUT2D eigenvalue weighted by Crippen LogP contribution is 2.33. The van der Waals surface area contributed by atoms with Gasteiger partial charge in [0.25, 0.3) is 0 Å². The molecule has 2 aromatic rings. The molecule has 0 aliphatic carbocycles. The average molecular weight is 339 g/mol. The molecular formula is C21H29N3O. The molecule has 4 nitrogen and oxygen atoms in total. The van der Waals surface area contributed by atoms with E-state index < -0.39 is 0 Å². The summed E-state index contributed by atoms with van der Waals surface area (Å²) < 4.78 is 0. The minimum Gasteiger partial charge on any atom is -0.321 e. The van der Waals surface area contributed by atoms with Gasteiger partial charge in [-0.05, 0) is 41.5 Å². The summed E-state index contributed by atoms with van der Waals surface area (Å²) in [5, 5.41) is 3.16. The first-order valence-corrected chi connectivity index (χ1v) is 8.89. The van der Waals surface area contributed by atoms with Crippen LogP contribution in [0.4, 0.5) is 10.5 Å². The Morgan fingerprint density at radius 2 is 1.60 bits per heavy atom. The molecule has 134 valence electrons. The average Bonchev–Trinajstić information content (AvgIpc) is 2.60. The van der Waals surface area contributed by atoms with Crippen LogP contribution in [0.15, 0.2) is 42.7 Å². The SMILES string of the molecule is CC(C)c1cccc(C(C)C)c1NC(=O)N(C)[C@H](C)c1cccnc1. The predicted molar refractivity (Wildman–Crippen MR) is 104 cm³/mol. The zero-order chi connectivity index (χ0) is 18.6. The molecule has 1 N–H and O–H groups in total. The van der Waals surface area contributed by atoms with Gasteiger partial charge in [0.05, 0.1) is 6.04 Å². The van der Waals surface area contributed by atoms with Crippen LogP contribution in [-0.2, 0) is 0 Å². The second-order valence-electron chi connectivity index (χ2n) is 7.12. The van der Waals surface area contributed by atoms with Gasteiger partial charge in [0.2, 0.25) is 0 Å². The molecule has 0 radical (unpaired) electrons. The number of benzene rings is 1. The van der Waals surface area contributed by atoms with Crippen LogP contribution in [0, 0.1) is 0 Å². The van der Waals surface area contributed by atoms with Crippen molar-refractivity contribution in [2.24, 2.45) is 0 Å². The Labute approximate surface area is 151 Å². The fourth-order valence-electron chi connectivity index (χ4n) is 2.91. The summed E-state index contributed by atoms with van der Waals surface area (Å²) in [6, 6.07) is 9.98. The number of carbonyl (C=O) groups is 1. The van der Waals surface area contributed by atoms with Crippen LogP contribution in [0.5, 0.6) is 0 Å². The number of nitrogens with one attached hydrogen (secondary N) is 1. The Bertz CT molecular complexity index is 684. The molecule has 1 aromatic carbocycles. The zero-order valence-corrected chi connectivity index (χ0v) is 16.1. The quantitative estimate of drug-likeness (QED) is 0.776. The second kappa shape index (κ2) is 8.15. The minimum absolute atomic E-state index is 0.0533. The monoisotopic (exact) mass is 339 g/mol. The van der Waals surface area contributed by atoms with E-state index in [0.29, 0.717) is 11.8 Å². The standard InChI is InChI=1S/C21H29N3O/c1-14(2)18-10-7-11-19(15(3)4)20(18)23-21(25)24(6)16(5)17-9-8-12-22-13-17/h7-16H,1-6H3,(H,23,25)/t16-/m1/s1. The summed E-state index contributed by atoms with van der Waals surface area (Å²) in [4.78, 5) is 18.7. The number of hydrogen-bond acceptors (Lipinski definition) is 2. The molecule has 0 aliphatic heterocycles. The van der Waals surface area contributed by atoms with E-state index in [1.165, 1.54) is 11.1 Å². The molecule has 0 spiro atoms. The van der Waals surface area contributed by atoms with Crippen molar-refractivity contribution in [3.8, 4) is 0 Å². The van der Waals surface area contributed by atoms with Gasteiger partial charge < -0.3 is 10.2 Å². The van der Waals surface area contributed by atoms with Gasteiger partial charge in [-0.25, -0.2) is 4.79 Å². The predicted octanol–water partition coefficient (Wildman–Crippen LogP) is 5.55. The summed E-state index contributed by atoms with van der Waals surface area (Å²) in [5.74, 6) is 0.685. The lowest BCUT2D eigenvalue weighted by Gasteiger charge is -2.27. The molecule has 1 aromatic heterocycles. The first-order valence-electron chi connectivity index (χ1n) is 8.89. The first-order chi connectivity index (χ1) is 11.8. The van der Waals surface area contributed by atoms with Crippen molar-refractivity contribution in [1.29, 1.82) is 0 Å². The fraction of sp³-hybridized carbons (Fsp3) is 0.429. The number of pyridine rings is 1. The van der Waals surface area contributed by atoms with Crippen molar-refractivity contribution in [2.45, 2.75) is 52.5 Å². The summed E-state index contributed by atoms with van der Waals surface area (Å²) in [6.07, 6.45) is 3.54. The maximum Gasteiger partial charge on any atom is 0.322 e. The highest BCUT2D eigenvalue weighted by molar-refractivity contribution is 5.91. The zero-order valence-electron chi connectivity index (χ0n) is 16.1. The molecule has 0 bridgehead atoms. The third kappa shape index (κ3) is 4.38. The smallest absolute Gasteiger partial charge is 0.321 e. The number of para-hydroxylation sites is 1. The Hall–Kier alpha value is -2.36. The van der Waals surface area contributed by atoms with Gasteiger partial charge in [-0.15, -0.1) is 0 Å². The number of anilines is 1. The molecule has 0 unspecified atom stereocenters. The van der Waals surface area contributed by atoms with Crippen molar-refractivity contribution in [1.82, 2.24) is 9.88 Å². The van der Waals surface area contributed by atoms with E-state index >= 15 is 0 Å². The van der Waals surface area contributed by atoms with Crippen LogP contribution in [0.2, 0.25) is 0 Å². The number of urea groups is 1. The number of rotatable bonds is 5. The number of amides is 2. The molecule has 1 atom stereocenters. The fourth-order valence-corrected chi connectivity index (χ4v) is 2.91. The molecule has 4 heteroatoms. The summed E-state index contributed by atoms with van der Waals surface area (Å²) in [5.41, 5.74) is 4.30. The largest absolute Gasteiger partial charge is 0.322 e. The molecular weight excluding hydrogens is 310 g/mol. The van der Waals surface area contributed by atoms with Crippen LogP contribution in [0.3, 0.4) is 0 Å². The van der Waals surface area contributed by atoms with Crippen LogP contribution in [-0.4, -0.2) is 23.0 Å². The van der Waals surface area contributed by atoms with E-state index in [2.05, 4.69) is 56.2 Å². The third-order valence-electron chi connectivity index (χ3n) is 4.67. The van der Waals surface area contributed by atoms with Gasteiger partial charge >= 0.3 is 6.03 Å². The Morgan fingerprint density at radius 3 is 2.08 bits per heavy atom. The van der Waals surface area contributed by atoms with Crippen molar-refractivity contribution < 1.29 is 4.79 Å². The molecule has 0 saturated carbocycles. The summed E-state index contributed by atoms with van der Waals surface area (Å²) >= 11 is 0. The summed E-state index contributed by atoms with van der Waals surface area (Å²) in [6.45, 7) is 10.6. The van der Waals surface area contributed by atoms with Crippen molar-refractivity contribution in [3.63, 3.8) is 0 Å². The van der Waals surface area contributed by atoms with Gasteiger partial charge in [-0.1, -0.05) is 52.0 Å². The van der Waals surface area contributed by atoms with E-state index in [4.69, 9.17) is 0 Å². The Kier molecular flexibility index (Phi) is 6.18. The third-order valence-corrected chi connectivity index (χ3v) is 4.67. The van der Waals surface area contributed by atoms with Crippen LogP contribution < -0.4 is 5.32 Å². The highest BCUT2D eigenvalue weighted by atomic mass is 16.2. The van der Waals surface area contributed by atoms with Gasteiger partial charge in [0.1, 0.15) is 0 Å². The number of carbonyl (C=O) groups excluding carboxylic acids is 1. The van der Waals surface area contributed by atoms with Gasteiger partial charge in [-0.3, -0.25) is 4.98 Å².